The van der Waals surface area contributed by atoms with Gasteiger partial charge >= 0.3 is 0 Å². The minimum atomic E-state index is 0.427. The van der Waals surface area contributed by atoms with Crippen LogP contribution in [0, 0.1) is 0 Å². The van der Waals surface area contributed by atoms with E-state index < -0.39 is 0 Å². The van der Waals surface area contributed by atoms with Gasteiger partial charge in [-0.3, -0.25) is 9.30 Å². The van der Waals surface area contributed by atoms with Crippen LogP contribution in [-0.4, -0.2) is 56.5 Å². The Labute approximate surface area is 210 Å². The van der Waals surface area contributed by atoms with Gasteiger partial charge in [0.15, 0.2) is 0 Å². The number of benzene rings is 2. The summed E-state index contributed by atoms with van der Waals surface area (Å²) in [6.07, 6.45) is 6.06. The zero-order chi connectivity index (χ0) is 24.1. The average molecular weight is 476 g/mol. The molecule has 0 amide bonds. The Kier molecular flexibility index (Phi) is 5.18. The van der Waals surface area contributed by atoms with Crippen LogP contribution in [0.25, 0.3) is 38.9 Å². The molecular weight excluding hydrogens is 446 g/mol. The summed E-state index contributed by atoms with van der Waals surface area (Å²) in [5.41, 5.74) is 12.2. The Hall–Kier alpha value is -3.81. The predicted octanol–water partition coefficient (Wildman–Crippen LogP) is 4.34. The fourth-order valence-corrected chi connectivity index (χ4v) is 5.75. The standard InChI is InChI=1S/C29H29N7/c30-28-27-26(21-7-6-20-8-9-24(33-25(20)18-21)19-4-2-1-3-5-19)34-29(36(27)15-12-32-28)22-16-23(17-22)35-13-10-31-11-14-35/h1-9,12,15,18,22-23,31H,10-11,13-14,16-17H2,(H2,30,32). The van der Waals surface area contributed by atoms with Crippen molar-refractivity contribution in [3.05, 3.63) is 78.9 Å². The van der Waals surface area contributed by atoms with Crippen molar-refractivity contribution in [1.82, 2.24) is 29.6 Å². The molecule has 7 heteroatoms. The van der Waals surface area contributed by atoms with Crippen molar-refractivity contribution < 1.29 is 0 Å². The van der Waals surface area contributed by atoms with Crippen molar-refractivity contribution in [2.45, 2.75) is 24.8 Å². The summed E-state index contributed by atoms with van der Waals surface area (Å²) < 4.78 is 2.16. The molecule has 0 bridgehead atoms. The molecule has 2 fully saturated rings. The Balaban J connectivity index is 1.27. The van der Waals surface area contributed by atoms with Crippen LogP contribution >= 0.6 is 0 Å². The SMILES string of the molecule is Nc1nccn2c(C3CC(N4CCNCC4)C3)nc(-c3ccc4ccc(-c5ccccc5)nc4c3)c12. The van der Waals surface area contributed by atoms with Gasteiger partial charge in [0.25, 0.3) is 0 Å². The lowest BCUT2D eigenvalue weighted by Crippen LogP contribution is -2.52. The van der Waals surface area contributed by atoms with Gasteiger partial charge in [0.2, 0.25) is 0 Å². The van der Waals surface area contributed by atoms with Crippen LogP contribution in [0.4, 0.5) is 5.82 Å². The molecule has 0 spiro atoms. The number of hydrogen-bond acceptors (Lipinski definition) is 6. The van der Waals surface area contributed by atoms with E-state index >= 15 is 0 Å². The molecule has 5 aromatic rings. The van der Waals surface area contributed by atoms with Gasteiger partial charge in [0.1, 0.15) is 22.9 Å². The molecule has 1 aliphatic carbocycles. The molecule has 1 saturated heterocycles. The maximum Gasteiger partial charge on any atom is 0.150 e. The summed E-state index contributed by atoms with van der Waals surface area (Å²) >= 11 is 0. The van der Waals surface area contributed by atoms with Crippen molar-refractivity contribution >= 4 is 22.2 Å². The lowest BCUT2D eigenvalue weighted by atomic mass is 9.78. The summed E-state index contributed by atoms with van der Waals surface area (Å²) in [6.45, 7) is 4.44. The third kappa shape index (κ3) is 3.63. The van der Waals surface area contributed by atoms with Crippen molar-refractivity contribution in [2.75, 3.05) is 31.9 Å². The molecule has 7 nitrogen and oxygen atoms in total. The van der Waals surface area contributed by atoms with Gasteiger partial charge in [-0.15, -0.1) is 0 Å². The number of imidazole rings is 1. The van der Waals surface area contributed by atoms with E-state index in [-0.39, 0.29) is 0 Å². The van der Waals surface area contributed by atoms with E-state index in [1.54, 1.807) is 6.20 Å². The molecule has 2 aliphatic rings. The summed E-state index contributed by atoms with van der Waals surface area (Å²) in [5.74, 6) is 2.03. The fraction of sp³-hybridized carbons (Fsp3) is 0.276. The van der Waals surface area contributed by atoms with Gasteiger partial charge in [0, 0.05) is 67.0 Å². The van der Waals surface area contributed by atoms with Crippen LogP contribution < -0.4 is 11.1 Å². The number of nitrogens with two attached hydrogens (primary N) is 1. The average Bonchev–Trinajstić information content (AvgIpc) is 3.29. The summed E-state index contributed by atoms with van der Waals surface area (Å²) in [5, 5.41) is 4.56. The van der Waals surface area contributed by atoms with Gasteiger partial charge in [-0.1, -0.05) is 48.5 Å². The molecule has 3 aromatic heterocycles. The number of hydrogen-bond donors (Lipinski definition) is 2. The van der Waals surface area contributed by atoms with Crippen molar-refractivity contribution in [2.24, 2.45) is 0 Å². The Morgan fingerprint density at radius 1 is 0.889 bits per heavy atom. The van der Waals surface area contributed by atoms with Gasteiger partial charge < -0.3 is 11.1 Å². The fourth-order valence-electron chi connectivity index (χ4n) is 5.75. The molecule has 0 atom stereocenters. The summed E-state index contributed by atoms with van der Waals surface area (Å²) in [6, 6.07) is 21.5. The number of fused-ring (bicyclic) bond motifs is 2. The van der Waals surface area contributed by atoms with E-state index in [9.17, 15) is 0 Å². The monoisotopic (exact) mass is 475 g/mol. The molecule has 2 aromatic carbocycles. The number of nitrogens with zero attached hydrogens (tertiary/aromatic N) is 5. The molecular formula is C29H29N7. The molecule has 7 rings (SSSR count). The zero-order valence-corrected chi connectivity index (χ0v) is 20.1. The number of rotatable bonds is 4. The normalized spacial score (nSPS) is 20.6. The van der Waals surface area contributed by atoms with Crippen molar-refractivity contribution in [3.63, 3.8) is 0 Å². The minimum Gasteiger partial charge on any atom is -0.382 e. The van der Waals surface area contributed by atoms with Crippen LogP contribution in [0.3, 0.4) is 0 Å². The molecule has 180 valence electrons. The van der Waals surface area contributed by atoms with Gasteiger partial charge in [-0.05, 0) is 25.0 Å². The van der Waals surface area contributed by atoms with E-state index in [4.69, 9.17) is 15.7 Å². The Morgan fingerprint density at radius 3 is 2.53 bits per heavy atom. The minimum absolute atomic E-state index is 0.427. The molecule has 1 saturated carbocycles. The lowest BCUT2D eigenvalue weighted by molar-refractivity contribution is 0.0928. The highest BCUT2D eigenvalue weighted by atomic mass is 15.2. The van der Waals surface area contributed by atoms with Gasteiger partial charge in [-0.25, -0.2) is 15.0 Å². The number of nitrogens with one attached hydrogen (secondary N) is 1. The van der Waals surface area contributed by atoms with Crippen molar-refractivity contribution in [1.29, 1.82) is 0 Å². The molecule has 4 heterocycles. The molecule has 0 unspecified atom stereocenters. The quantitative estimate of drug-likeness (QED) is 0.402. The number of aromatic nitrogens is 4. The second-order valence-electron chi connectivity index (χ2n) is 9.93. The summed E-state index contributed by atoms with van der Waals surface area (Å²) in [7, 11) is 0. The largest absolute Gasteiger partial charge is 0.382 e. The molecule has 3 N–H and O–H groups in total. The highest BCUT2D eigenvalue weighted by Crippen LogP contribution is 2.42. The van der Waals surface area contributed by atoms with E-state index in [1.165, 1.54) is 0 Å². The first-order chi connectivity index (χ1) is 17.7. The zero-order valence-electron chi connectivity index (χ0n) is 20.1. The third-order valence-corrected chi connectivity index (χ3v) is 7.79. The smallest absolute Gasteiger partial charge is 0.150 e. The number of pyridine rings is 1. The first-order valence-corrected chi connectivity index (χ1v) is 12.8. The number of anilines is 1. The summed E-state index contributed by atoms with van der Waals surface area (Å²) in [4.78, 5) is 17.2. The number of piperazine rings is 1. The second-order valence-corrected chi connectivity index (χ2v) is 9.93. The highest BCUT2D eigenvalue weighted by Gasteiger charge is 2.37. The second kappa shape index (κ2) is 8.69. The topological polar surface area (TPSA) is 84.4 Å². The van der Waals surface area contributed by atoms with Crippen LogP contribution in [0.5, 0.6) is 0 Å². The van der Waals surface area contributed by atoms with Crippen LogP contribution in [0.15, 0.2) is 73.1 Å². The van der Waals surface area contributed by atoms with Crippen LogP contribution in [0.2, 0.25) is 0 Å². The van der Waals surface area contributed by atoms with Crippen LogP contribution in [0.1, 0.15) is 24.6 Å². The van der Waals surface area contributed by atoms with Crippen molar-refractivity contribution in [3.8, 4) is 22.5 Å². The number of nitrogen functional groups attached to an aromatic ring is 1. The van der Waals surface area contributed by atoms with Gasteiger partial charge in [-0.2, -0.15) is 0 Å². The molecule has 1 aliphatic heterocycles. The Morgan fingerprint density at radius 2 is 1.69 bits per heavy atom. The van der Waals surface area contributed by atoms with E-state index in [0.717, 1.165) is 83.8 Å². The van der Waals surface area contributed by atoms with E-state index in [1.807, 2.05) is 24.4 Å². The maximum absolute atomic E-state index is 6.42. The third-order valence-electron chi connectivity index (χ3n) is 7.79. The van der Waals surface area contributed by atoms with Crippen LogP contribution in [-0.2, 0) is 0 Å². The van der Waals surface area contributed by atoms with Gasteiger partial charge in [0.05, 0.1) is 11.2 Å². The molecule has 0 radical (unpaired) electrons. The van der Waals surface area contributed by atoms with E-state index in [0.29, 0.717) is 17.8 Å². The molecule has 36 heavy (non-hydrogen) atoms. The first-order valence-electron chi connectivity index (χ1n) is 12.8. The highest BCUT2D eigenvalue weighted by molar-refractivity contribution is 5.91. The predicted molar refractivity (Wildman–Crippen MR) is 144 cm³/mol. The maximum atomic E-state index is 6.42. The Bertz CT molecular complexity index is 1550. The first kappa shape index (κ1) is 21.5. The lowest BCUT2D eigenvalue weighted by Gasteiger charge is -2.44. The van der Waals surface area contributed by atoms with E-state index in [2.05, 4.69) is 62.1 Å².